The lowest BCUT2D eigenvalue weighted by atomic mass is 10.2. The van der Waals surface area contributed by atoms with E-state index in [9.17, 15) is 0 Å². The van der Waals surface area contributed by atoms with Gasteiger partial charge in [0.1, 0.15) is 6.07 Å². The molecule has 0 saturated carbocycles. The van der Waals surface area contributed by atoms with Gasteiger partial charge in [-0.05, 0) is 26.0 Å². The molecule has 0 aliphatic heterocycles. The molecule has 0 atom stereocenters. The van der Waals surface area contributed by atoms with Crippen molar-refractivity contribution in [3.63, 3.8) is 0 Å². The molecule has 2 rings (SSSR count). The molecule has 0 aliphatic carbocycles. The van der Waals surface area contributed by atoms with E-state index in [1.54, 1.807) is 10.7 Å². The number of fused-ring (bicyclic) bond motifs is 1. The average molecular weight is 200 g/mol. The van der Waals surface area contributed by atoms with E-state index in [0.29, 0.717) is 11.6 Å². The summed E-state index contributed by atoms with van der Waals surface area (Å²) in [7, 11) is 0. The predicted molar refractivity (Wildman–Crippen MR) is 58.7 cm³/mol. The Labute approximate surface area is 88.1 Å². The summed E-state index contributed by atoms with van der Waals surface area (Å²) in [4.78, 5) is 0. The molecule has 2 aromatic rings. The van der Waals surface area contributed by atoms with Crippen LogP contribution in [0.2, 0.25) is 0 Å². The van der Waals surface area contributed by atoms with Gasteiger partial charge in [-0.2, -0.15) is 10.4 Å². The normalized spacial score (nSPS) is 10.5. The number of rotatable bonds is 2. The maximum absolute atomic E-state index is 8.82. The molecule has 4 heteroatoms. The molecule has 4 nitrogen and oxygen atoms in total. The van der Waals surface area contributed by atoms with Crippen LogP contribution < -0.4 is 5.32 Å². The lowest BCUT2D eigenvalue weighted by molar-refractivity contribution is 0.888. The third-order valence-corrected chi connectivity index (χ3v) is 2.09. The largest absolute Gasteiger partial charge is 0.382 e. The Morgan fingerprint density at radius 2 is 2.27 bits per heavy atom. The molecule has 0 unspecified atom stereocenters. The van der Waals surface area contributed by atoms with Crippen LogP contribution in [0.15, 0.2) is 24.5 Å². The molecule has 0 aromatic carbocycles. The number of nitrogens with zero attached hydrogens (tertiary/aromatic N) is 3. The summed E-state index contributed by atoms with van der Waals surface area (Å²) in [5.41, 5.74) is 2.45. The Kier molecular flexibility index (Phi) is 2.30. The molecule has 0 fully saturated rings. The molecule has 15 heavy (non-hydrogen) atoms. The van der Waals surface area contributed by atoms with Gasteiger partial charge < -0.3 is 5.32 Å². The van der Waals surface area contributed by atoms with Crippen LogP contribution in [0.25, 0.3) is 5.52 Å². The van der Waals surface area contributed by atoms with Gasteiger partial charge in [0.05, 0.1) is 29.2 Å². The first kappa shape index (κ1) is 9.53. The highest BCUT2D eigenvalue weighted by molar-refractivity contribution is 5.62. The van der Waals surface area contributed by atoms with Crippen LogP contribution in [-0.4, -0.2) is 15.7 Å². The summed E-state index contributed by atoms with van der Waals surface area (Å²) < 4.78 is 1.71. The van der Waals surface area contributed by atoms with E-state index in [2.05, 4.69) is 30.3 Å². The number of hydrogen-bond acceptors (Lipinski definition) is 3. The Balaban J connectivity index is 2.45. The average Bonchev–Trinajstić information content (AvgIpc) is 2.58. The van der Waals surface area contributed by atoms with E-state index in [-0.39, 0.29) is 0 Å². The van der Waals surface area contributed by atoms with Crippen molar-refractivity contribution in [2.24, 2.45) is 0 Å². The molecule has 1 N–H and O–H groups in total. The standard InChI is InChI=1S/C11H12N4/c1-8(2)14-10-3-4-11-9(5-12)6-13-15(11)7-10/h3-4,6-8,14H,1-2H3. The van der Waals surface area contributed by atoms with E-state index < -0.39 is 0 Å². The fourth-order valence-electron chi connectivity index (χ4n) is 1.49. The first-order valence-corrected chi connectivity index (χ1v) is 4.85. The van der Waals surface area contributed by atoms with Crippen LogP contribution >= 0.6 is 0 Å². The minimum Gasteiger partial charge on any atom is -0.382 e. The topological polar surface area (TPSA) is 53.1 Å². The van der Waals surface area contributed by atoms with Crippen LogP contribution in [0, 0.1) is 11.3 Å². The Morgan fingerprint density at radius 1 is 1.47 bits per heavy atom. The van der Waals surface area contributed by atoms with Crippen molar-refractivity contribution in [1.29, 1.82) is 5.26 Å². The van der Waals surface area contributed by atoms with Gasteiger partial charge in [-0.25, -0.2) is 4.52 Å². The highest BCUT2D eigenvalue weighted by Gasteiger charge is 2.03. The minimum atomic E-state index is 0.383. The molecule has 2 aromatic heterocycles. The first-order valence-electron chi connectivity index (χ1n) is 4.85. The Bertz CT molecular complexity index is 519. The van der Waals surface area contributed by atoms with Gasteiger partial charge >= 0.3 is 0 Å². The van der Waals surface area contributed by atoms with Crippen LogP contribution in [0.3, 0.4) is 0 Å². The molecule has 0 saturated heterocycles. The van der Waals surface area contributed by atoms with Gasteiger partial charge in [0.15, 0.2) is 0 Å². The number of pyridine rings is 1. The zero-order valence-electron chi connectivity index (χ0n) is 8.73. The zero-order chi connectivity index (χ0) is 10.8. The summed E-state index contributed by atoms with van der Waals surface area (Å²) in [5, 5.41) is 16.2. The molecule has 0 spiro atoms. The van der Waals surface area contributed by atoms with Crippen molar-refractivity contribution in [2.75, 3.05) is 5.32 Å². The second-order valence-electron chi connectivity index (χ2n) is 3.72. The van der Waals surface area contributed by atoms with Crippen molar-refractivity contribution in [3.05, 3.63) is 30.1 Å². The third-order valence-electron chi connectivity index (χ3n) is 2.09. The molecular formula is C11H12N4. The summed E-state index contributed by atoms with van der Waals surface area (Å²) in [5.74, 6) is 0. The summed E-state index contributed by atoms with van der Waals surface area (Å²) in [6.45, 7) is 4.15. The summed E-state index contributed by atoms with van der Waals surface area (Å²) in [6.07, 6.45) is 3.46. The van der Waals surface area contributed by atoms with Crippen molar-refractivity contribution in [1.82, 2.24) is 9.61 Å². The monoisotopic (exact) mass is 200 g/mol. The number of hydrogen-bond donors (Lipinski definition) is 1. The minimum absolute atomic E-state index is 0.383. The first-order chi connectivity index (χ1) is 7.20. The van der Waals surface area contributed by atoms with E-state index in [1.165, 1.54) is 0 Å². The summed E-state index contributed by atoms with van der Waals surface area (Å²) >= 11 is 0. The molecule has 0 bridgehead atoms. The van der Waals surface area contributed by atoms with Crippen LogP contribution in [-0.2, 0) is 0 Å². The zero-order valence-corrected chi connectivity index (χ0v) is 8.73. The van der Waals surface area contributed by atoms with E-state index >= 15 is 0 Å². The maximum atomic E-state index is 8.82. The maximum Gasteiger partial charge on any atom is 0.103 e. The SMILES string of the molecule is CC(C)Nc1ccc2c(C#N)cnn2c1. The van der Waals surface area contributed by atoms with Gasteiger partial charge in [-0.3, -0.25) is 0 Å². The van der Waals surface area contributed by atoms with Gasteiger partial charge in [0.2, 0.25) is 0 Å². The number of nitriles is 1. The molecule has 0 radical (unpaired) electrons. The fraction of sp³-hybridized carbons (Fsp3) is 0.273. The molecule has 76 valence electrons. The highest BCUT2D eigenvalue weighted by Crippen LogP contribution is 2.14. The van der Waals surface area contributed by atoms with Crippen molar-refractivity contribution in [3.8, 4) is 6.07 Å². The fourth-order valence-corrected chi connectivity index (χ4v) is 1.49. The lowest BCUT2D eigenvalue weighted by Gasteiger charge is -2.09. The second-order valence-corrected chi connectivity index (χ2v) is 3.72. The van der Waals surface area contributed by atoms with Crippen molar-refractivity contribution < 1.29 is 0 Å². The Morgan fingerprint density at radius 3 is 2.93 bits per heavy atom. The van der Waals surface area contributed by atoms with Crippen LogP contribution in [0.4, 0.5) is 5.69 Å². The highest BCUT2D eigenvalue weighted by atomic mass is 15.2. The van der Waals surface area contributed by atoms with Crippen molar-refractivity contribution >= 4 is 11.2 Å². The number of anilines is 1. The molecular weight excluding hydrogens is 188 g/mol. The van der Waals surface area contributed by atoms with E-state index in [4.69, 9.17) is 5.26 Å². The third kappa shape index (κ3) is 1.77. The predicted octanol–water partition coefficient (Wildman–Crippen LogP) is 2.03. The molecule has 0 amide bonds. The van der Waals surface area contributed by atoms with Crippen LogP contribution in [0.1, 0.15) is 19.4 Å². The van der Waals surface area contributed by atoms with E-state index in [0.717, 1.165) is 11.2 Å². The van der Waals surface area contributed by atoms with Gasteiger partial charge in [-0.1, -0.05) is 0 Å². The Hall–Kier alpha value is -2.02. The molecule has 0 aliphatic rings. The smallest absolute Gasteiger partial charge is 0.103 e. The quantitative estimate of drug-likeness (QED) is 0.806. The lowest BCUT2D eigenvalue weighted by Crippen LogP contribution is -2.10. The number of nitrogens with one attached hydrogen (secondary N) is 1. The van der Waals surface area contributed by atoms with Gasteiger partial charge in [0, 0.05) is 6.04 Å². The van der Waals surface area contributed by atoms with Gasteiger partial charge in [0.25, 0.3) is 0 Å². The van der Waals surface area contributed by atoms with E-state index in [1.807, 2.05) is 18.3 Å². The molecule has 2 heterocycles. The van der Waals surface area contributed by atoms with Gasteiger partial charge in [-0.15, -0.1) is 0 Å². The van der Waals surface area contributed by atoms with Crippen molar-refractivity contribution in [2.45, 2.75) is 19.9 Å². The van der Waals surface area contributed by atoms with Crippen LogP contribution in [0.5, 0.6) is 0 Å². The number of aromatic nitrogens is 2. The second kappa shape index (κ2) is 3.62. The summed E-state index contributed by atoms with van der Waals surface area (Å²) in [6, 6.07) is 6.34.